The Hall–Kier alpha value is -2.36. The summed E-state index contributed by atoms with van der Waals surface area (Å²) in [4.78, 5) is 18.8. The van der Waals surface area contributed by atoms with E-state index in [1.165, 1.54) is 0 Å². The molecule has 2 unspecified atom stereocenters. The Morgan fingerprint density at radius 2 is 2.07 bits per heavy atom. The number of hydrogen-bond donors (Lipinski definition) is 2. The van der Waals surface area contributed by atoms with E-state index in [1.54, 1.807) is 11.9 Å². The molecular formula is C20H35N7O3. The maximum absolute atomic E-state index is 12.9. The topological polar surface area (TPSA) is 106 Å². The van der Waals surface area contributed by atoms with Crippen molar-refractivity contribution in [3.8, 4) is 0 Å². The van der Waals surface area contributed by atoms with Gasteiger partial charge in [-0.05, 0) is 48.0 Å². The molecule has 0 radical (unpaired) electrons. The van der Waals surface area contributed by atoms with Gasteiger partial charge in [0.2, 0.25) is 0 Å². The summed E-state index contributed by atoms with van der Waals surface area (Å²) >= 11 is 0. The molecule has 0 aromatic carbocycles. The molecule has 168 valence electrons. The van der Waals surface area contributed by atoms with E-state index in [4.69, 9.17) is 9.47 Å². The average molecular weight is 422 g/mol. The first-order chi connectivity index (χ1) is 14.0. The van der Waals surface area contributed by atoms with E-state index in [1.807, 2.05) is 41.5 Å². The molecule has 1 aromatic heterocycles. The van der Waals surface area contributed by atoms with Crippen molar-refractivity contribution in [2.45, 2.75) is 90.9 Å². The second-order valence-corrected chi connectivity index (χ2v) is 9.28. The monoisotopic (exact) mass is 421 g/mol. The van der Waals surface area contributed by atoms with E-state index in [-0.39, 0.29) is 18.2 Å². The summed E-state index contributed by atoms with van der Waals surface area (Å²) in [6, 6.07) is -0.203. The summed E-state index contributed by atoms with van der Waals surface area (Å²) in [6.45, 7) is 13.3. The van der Waals surface area contributed by atoms with E-state index in [9.17, 15) is 4.79 Å². The third kappa shape index (κ3) is 4.85. The zero-order valence-corrected chi connectivity index (χ0v) is 19.2. The van der Waals surface area contributed by atoms with Crippen LogP contribution in [0.4, 0.5) is 4.79 Å². The largest absolute Gasteiger partial charge is 0.444 e. The summed E-state index contributed by atoms with van der Waals surface area (Å²) in [6.07, 6.45) is 1.56. The maximum atomic E-state index is 12.9. The number of aliphatic imine (C=N–C) groups is 1. The van der Waals surface area contributed by atoms with Gasteiger partial charge in [0.25, 0.3) is 0 Å². The minimum Gasteiger partial charge on any atom is -0.444 e. The highest BCUT2D eigenvalue weighted by atomic mass is 16.6. The first kappa shape index (κ1) is 22.3. The number of amides is 1. The Morgan fingerprint density at radius 3 is 2.73 bits per heavy atom. The van der Waals surface area contributed by atoms with Crippen molar-refractivity contribution in [3.05, 3.63) is 11.6 Å². The number of carbonyl (C=O) groups is 1. The summed E-state index contributed by atoms with van der Waals surface area (Å²) in [5, 5.41) is 15.1. The van der Waals surface area contributed by atoms with E-state index in [2.05, 4.69) is 30.4 Å². The van der Waals surface area contributed by atoms with Crippen LogP contribution in [-0.4, -0.2) is 68.8 Å². The number of hydrogen-bond acceptors (Lipinski definition) is 6. The van der Waals surface area contributed by atoms with Crippen molar-refractivity contribution in [1.29, 1.82) is 0 Å². The lowest BCUT2D eigenvalue weighted by atomic mass is 10.1. The second kappa shape index (κ2) is 8.41. The fourth-order valence-corrected chi connectivity index (χ4v) is 4.05. The van der Waals surface area contributed by atoms with Gasteiger partial charge in [0.1, 0.15) is 17.2 Å². The highest BCUT2D eigenvalue weighted by Crippen LogP contribution is 2.33. The molecule has 2 aliphatic heterocycles. The zero-order valence-electron chi connectivity index (χ0n) is 19.2. The minimum atomic E-state index is -0.757. The summed E-state index contributed by atoms with van der Waals surface area (Å²) in [7, 11) is 1.72. The molecule has 10 nitrogen and oxygen atoms in total. The normalized spacial score (nSPS) is 23.4. The molecular weight excluding hydrogens is 386 g/mol. The van der Waals surface area contributed by atoms with E-state index in [0.717, 1.165) is 31.0 Å². The molecule has 0 aliphatic carbocycles. The molecule has 3 rings (SSSR count). The highest BCUT2D eigenvalue weighted by molar-refractivity contribution is 5.79. The second-order valence-electron chi connectivity index (χ2n) is 9.28. The lowest BCUT2D eigenvalue weighted by Crippen LogP contribution is -2.54. The quantitative estimate of drug-likeness (QED) is 0.562. The Morgan fingerprint density at radius 1 is 1.33 bits per heavy atom. The van der Waals surface area contributed by atoms with E-state index >= 15 is 0 Å². The highest BCUT2D eigenvalue weighted by Gasteiger charge is 2.49. The van der Waals surface area contributed by atoms with Crippen LogP contribution in [0.1, 0.15) is 59.6 Å². The van der Waals surface area contributed by atoms with Crippen molar-refractivity contribution < 1.29 is 14.3 Å². The molecule has 2 atom stereocenters. The Labute approximate surface area is 178 Å². The van der Waals surface area contributed by atoms with Crippen LogP contribution in [0.2, 0.25) is 0 Å². The van der Waals surface area contributed by atoms with Gasteiger partial charge < -0.3 is 24.7 Å². The van der Waals surface area contributed by atoms with Crippen molar-refractivity contribution >= 4 is 12.1 Å². The number of aromatic nitrogens is 3. The van der Waals surface area contributed by atoms with Crippen LogP contribution < -0.4 is 10.6 Å². The molecule has 1 aromatic rings. The van der Waals surface area contributed by atoms with Gasteiger partial charge in [0.15, 0.2) is 11.8 Å². The van der Waals surface area contributed by atoms with Crippen LogP contribution in [0.5, 0.6) is 0 Å². The molecule has 3 heterocycles. The molecule has 1 fully saturated rings. The maximum Gasteiger partial charge on any atom is 0.412 e. The van der Waals surface area contributed by atoms with Crippen LogP contribution in [0.15, 0.2) is 4.99 Å². The zero-order chi connectivity index (χ0) is 22.1. The first-order valence-corrected chi connectivity index (χ1v) is 10.6. The van der Waals surface area contributed by atoms with Gasteiger partial charge in [-0.15, -0.1) is 10.2 Å². The number of ether oxygens (including phenoxy) is 2. The molecule has 2 aliphatic rings. The van der Waals surface area contributed by atoms with Gasteiger partial charge in [-0.25, -0.2) is 4.79 Å². The Balaban J connectivity index is 1.61. The molecule has 30 heavy (non-hydrogen) atoms. The molecule has 2 N–H and O–H groups in total. The van der Waals surface area contributed by atoms with Gasteiger partial charge in [0, 0.05) is 26.6 Å². The van der Waals surface area contributed by atoms with Crippen LogP contribution in [-0.2, 0) is 29.0 Å². The van der Waals surface area contributed by atoms with Gasteiger partial charge >= 0.3 is 6.09 Å². The van der Waals surface area contributed by atoms with Gasteiger partial charge in [-0.2, -0.15) is 0 Å². The standard InChI is InChI=1S/C20H35N7O3/c1-13-14(27(20(5,6)29-13)18(28)30-19(2,3)4)11-22-17(21-7)23-12-16-25-24-15-9-8-10-26(15)16/h13-14H,8-12H2,1-7H3,(H2,21,22,23). The van der Waals surface area contributed by atoms with Crippen LogP contribution >= 0.6 is 0 Å². The molecule has 10 heteroatoms. The lowest BCUT2D eigenvalue weighted by Gasteiger charge is -2.35. The number of rotatable bonds is 4. The fraction of sp³-hybridized carbons (Fsp3) is 0.800. The average Bonchev–Trinajstić information content (AvgIpc) is 3.27. The number of aryl methyl sites for hydroxylation is 1. The molecule has 1 amide bonds. The van der Waals surface area contributed by atoms with E-state index in [0.29, 0.717) is 19.0 Å². The molecule has 0 bridgehead atoms. The van der Waals surface area contributed by atoms with Crippen molar-refractivity contribution in [3.63, 3.8) is 0 Å². The lowest BCUT2D eigenvalue weighted by molar-refractivity contribution is -0.0755. The van der Waals surface area contributed by atoms with Gasteiger partial charge in [-0.1, -0.05) is 0 Å². The molecule has 0 spiro atoms. The van der Waals surface area contributed by atoms with Gasteiger partial charge in [-0.3, -0.25) is 9.89 Å². The number of guanidine groups is 1. The number of carbonyl (C=O) groups excluding carboxylic acids is 1. The van der Waals surface area contributed by atoms with Crippen molar-refractivity contribution in [2.75, 3.05) is 13.6 Å². The molecule has 0 saturated carbocycles. The minimum absolute atomic E-state index is 0.155. The summed E-state index contributed by atoms with van der Waals surface area (Å²) in [5.41, 5.74) is -1.33. The predicted molar refractivity (Wildman–Crippen MR) is 113 cm³/mol. The number of nitrogens with zero attached hydrogens (tertiary/aromatic N) is 5. The van der Waals surface area contributed by atoms with Crippen LogP contribution in [0.3, 0.4) is 0 Å². The predicted octanol–water partition coefficient (Wildman–Crippen LogP) is 1.65. The molecule has 1 saturated heterocycles. The Kier molecular flexibility index (Phi) is 6.26. The summed E-state index contributed by atoms with van der Waals surface area (Å²) in [5.74, 6) is 2.58. The first-order valence-electron chi connectivity index (χ1n) is 10.6. The van der Waals surface area contributed by atoms with Crippen molar-refractivity contribution in [2.24, 2.45) is 4.99 Å². The summed E-state index contributed by atoms with van der Waals surface area (Å²) < 4.78 is 13.8. The van der Waals surface area contributed by atoms with Crippen LogP contribution in [0.25, 0.3) is 0 Å². The fourth-order valence-electron chi connectivity index (χ4n) is 4.05. The van der Waals surface area contributed by atoms with Crippen LogP contribution in [0, 0.1) is 0 Å². The van der Waals surface area contributed by atoms with E-state index < -0.39 is 11.3 Å². The smallest absolute Gasteiger partial charge is 0.412 e. The number of nitrogens with one attached hydrogen (secondary N) is 2. The van der Waals surface area contributed by atoms with Gasteiger partial charge in [0.05, 0.1) is 18.7 Å². The third-order valence-electron chi connectivity index (χ3n) is 5.32. The third-order valence-corrected chi connectivity index (χ3v) is 5.32. The Bertz CT molecular complexity index is 797. The SMILES string of the molecule is CN=C(NCc1nnc2n1CCC2)NCC1C(C)OC(C)(C)N1C(=O)OC(C)(C)C. The van der Waals surface area contributed by atoms with Crippen molar-refractivity contribution in [1.82, 2.24) is 30.3 Å². The number of fused-ring (bicyclic) bond motifs is 1.